The summed E-state index contributed by atoms with van der Waals surface area (Å²) in [5.74, 6) is -0.605. The molecule has 0 fully saturated rings. The second-order valence-corrected chi connectivity index (χ2v) is 9.62. The van der Waals surface area contributed by atoms with Gasteiger partial charge < -0.3 is 9.47 Å². The van der Waals surface area contributed by atoms with Crippen LogP contribution in [0.25, 0.3) is 0 Å². The van der Waals surface area contributed by atoms with Crippen molar-refractivity contribution in [1.29, 1.82) is 0 Å². The number of benzene rings is 1. The van der Waals surface area contributed by atoms with Crippen LogP contribution >= 0.6 is 11.6 Å². The Morgan fingerprint density at radius 2 is 1.55 bits per heavy atom. The number of carbonyl (C=O) groups excluding carboxylic acids is 3. The van der Waals surface area contributed by atoms with Crippen LogP contribution < -0.4 is 0 Å². The molecule has 10 heteroatoms. The maximum Gasteiger partial charge on any atom is 0.534 e. The number of likely N-dealkylation sites (N-methyl/N-ethyl adjacent to an activating group) is 1. The number of rotatable bonds is 2. The Morgan fingerprint density at radius 3 is 2.03 bits per heavy atom. The standard InChI is InChI=1S/C21H28ClN3O6/c1-19(2,3)29-17(27)25(31-18(28)30-20(4,5)6)21(7)15(23-24(8)16(21)26)13-9-11-14(22)12-10-13/h9-12H,1-8H3. The summed E-state index contributed by atoms with van der Waals surface area (Å²) in [7, 11) is 1.43. The molecule has 0 spiro atoms. The predicted octanol–water partition coefficient (Wildman–Crippen LogP) is 4.38. The van der Waals surface area contributed by atoms with E-state index in [1.165, 1.54) is 14.0 Å². The molecule has 9 nitrogen and oxygen atoms in total. The van der Waals surface area contributed by atoms with Gasteiger partial charge in [0.25, 0.3) is 5.91 Å². The van der Waals surface area contributed by atoms with Gasteiger partial charge in [-0.3, -0.25) is 9.63 Å². The summed E-state index contributed by atoms with van der Waals surface area (Å²) in [6.45, 7) is 11.3. The fourth-order valence-corrected chi connectivity index (χ4v) is 2.92. The molecule has 0 aromatic heterocycles. The van der Waals surface area contributed by atoms with Gasteiger partial charge in [-0.2, -0.15) is 5.10 Å². The first-order valence-corrected chi connectivity index (χ1v) is 10.00. The van der Waals surface area contributed by atoms with Gasteiger partial charge in [0, 0.05) is 17.6 Å². The summed E-state index contributed by atoms with van der Waals surface area (Å²) in [5.41, 5.74) is -2.95. The number of hydrogen-bond donors (Lipinski definition) is 0. The van der Waals surface area contributed by atoms with Crippen molar-refractivity contribution in [2.75, 3.05) is 7.05 Å². The van der Waals surface area contributed by atoms with Crippen LogP contribution in [0.15, 0.2) is 29.4 Å². The summed E-state index contributed by atoms with van der Waals surface area (Å²) in [5, 5.41) is 6.41. The zero-order chi connectivity index (χ0) is 23.8. The monoisotopic (exact) mass is 453 g/mol. The van der Waals surface area contributed by atoms with Crippen molar-refractivity contribution in [2.45, 2.75) is 65.2 Å². The lowest BCUT2D eigenvalue weighted by Crippen LogP contribution is -2.61. The van der Waals surface area contributed by atoms with E-state index in [1.807, 2.05) is 0 Å². The van der Waals surface area contributed by atoms with Gasteiger partial charge in [-0.1, -0.05) is 23.7 Å². The molecule has 0 radical (unpaired) electrons. The van der Waals surface area contributed by atoms with Crippen LogP contribution in [0.3, 0.4) is 0 Å². The Labute approximate surface area is 186 Å². The number of ether oxygens (including phenoxy) is 2. The number of halogens is 1. The van der Waals surface area contributed by atoms with Gasteiger partial charge in [-0.15, -0.1) is 5.06 Å². The molecule has 0 N–H and O–H groups in total. The van der Waals surface area contributed by atoms with E-state index < -0.39 is 34.9 Å². The summed E-state index contributed by atoms with van der Waals surface area (Å²) < 4.78 is 10.6. The minimum Gasteiger partial charge on any atom is -0.442 e. The Hall–Kier alpha value is -2.81. The fraction of sp³-hybridized carbons (Fsp3) is 0.524. The van der Waals surface area contributed by atoms with E-state index in [4.69, 9.17) is 25.9 Å². The average molecular weight is 454 g/mol. The van der Waals surface area contributed by atoms with Gasteiger partial charge in [0.2, 0.25) is 5.54 Å². The van der Waals surface area contributed by atoms with E-state index in [1.54, 1.807) is 65.8 Å². The lowest BCUT2D eigenvalue weighted by molar-refractivity contribution is -0.176. The van der Waals surface area contributed by atoms with Gasteiger partial charge in [0.05, 0.1) is 0 Å². The minimum atomic E-state index is -1.82. The van der Waals surface area contributed by atoms with Gasteiger partial charge in [-0.25, -0.2) is 14.6 Å². The van der Waals surface area contributed by atoms with Crippen LogP contribution in [0.2, 0.25) is 5.02 Å². The molecule has 2 amide bonds. The van der Waals surface area contributed by atoms with Crippen molar-refractivity contribution in [1.82, 2.24) is 10.1 Å². The molecule has 0 saturated heterocycles. The molecule has 0 bridgehead atoms. The number of amides is 2. The molecule has 1 aromatic carbocycles. The fourth-order valence-electron chi connectivity index (χ4n) is 2.80. The molecule has 1 atom stereocenters. The van der Waals surface area contributed by atoms with Crippen LogP contribution in [-0.4, -0.2) is 57.7 Å². The Morgan fingerprint density at radius 1 is 1.03 bits per heavy atom. The van der Waals surface area contributed by atoms with Gasteiger partial charge >= 0.3 is 12.2 Å². The Bertz CT molecular complexity index is 901. The third-order valence-electron chi connectivity index (χ3n) is 4.06. The van der Waals surface area contributed by atoms with Gasteiger partial charge in [0.15, 0.2) is 0 Å². The third kappa shape index (κ3) is 5.66. The quantitative estimate of drug-likeness (QED) is 0.487. The van der Waals surface area contributed by atoms with Gasteiger partial charge in [-0.05, 0) is 60.6 Å². The summed E-state index contributed by atoms with van der Waals surface area (Å²) >= 11 is 5.98. The van der Waals surface area contributed by atoms with E-state index in [9.17, 15) is 14.4 Å². The number of hydrazone groups is 1. The van der Waals surface area contributed by atoms with E-state index in [-0.39, 0.29) is 5.71 Å². The number of nitrogens with zero attached hydrogens (tertiary/aromatic N) is 3. The highest BCUT2D eigenvalue weighted by atomic mass is 35.5. The maximum atomic E-state index is 13.2. The Kier molecular flexibility index (Phi) is 6.61. The normalized spacial score (nSPS) is 19.1. The average Bonchev–Trinajstić information content (AvgIpc) is 2.82. The topological polar surface area (TPSA) is 97.7 Å². The van der Waals surface area contributed by atoms with Crippen molar-refractivity contribution < 1.29 is 28.7 Å². The number of carbonyl (C=O) groups is 3. The number of hydrogen-bond acceptors (Lipinski definition) is 7. The first-order valence-electron chi connectivity index (χ1n) is 9.62. The van der Waals surface area contributed by atoms with Crippen LogP contribution in [0.1, 0.15) is 54.0 Å². The van der Waals surface area contributed by atoms with Crippen molar-refractivity contribution in [3.63, 3.8) is 0 Å². The zero-order valence-corrected chi connectivity index (χ0v) is 19.7. The zero-order valence-electron chi connectivity index (χ0n) is 19.0. The van der Waals surface area contributed by atoms with E-state index in [2.05, 4.69) is 5.10 Å². The van der Waals surface area contributed by atoms with Crippen LogP contribution in [0, 0.1) is 0 Å². The molecule has 2 rings (SSSR count). The number of hydroxylamine groups is 2. The minimum absolute atomic E-state index is 0.172. The summed E-state index contributed by atoms with van der Waals surface area (Å²) in [4.78, 5) is 43.9. The second kappa shape index (κ2) is 8.37. The van der Waals surface area contributed by atoms with Gasteiger partial charge in [0.1, 0.15) is 16.9 Å². The highest BCUT2D eigenvalue weighted by Crippen LogP contribution is 2.32. The molecule has 0 aliphatic carbocycles. The first-order chi connectivity index (χ1) is 14.0. The van der Waals surface area contributed by atoms with Crippen molar-refractivity contribution >= 4 is 35.5 Å². The van der Waals surface area contributed by atoms with Crippen LogP contribution in [0.5, 0.6) is 0 Å². The molecule has 1 aromatic rings. The highest BCUT2D eigenvalue weighted by molar-refractivity contribution is 6.31. The second-order valence-electron chi connectivity index (χ2n) is 9.19. The smallest absolute Gasteiger partial charge is 0.442 e. The summed E-state index contributed by atoms with van der Waals surface area (Å²) in [6, 6.07) is 6.53. The van der Waals surface area contributed by atoms with Crippen LogP contribution in [0.4, 0.5) is 9.59 Å². The molecular formula is C21H28ClN3O6. The summed E-state index contributed by atoms with van der Waals surface area (Å²) in [6.07, 6.45) is -2.22. The van der Waals surface area contributed by atoms with E-state index >= 15 is 0 Å². The van der Waals surface area contributed by atoms with Crippen molar-refractivity contribution in [3.8, 4) is 0 Å². The lowest BCUT2D eigenvalue weighted by atomic mass is 9.90. The molecule has 31 heavy (non-hydrogen) atoms. The molecule has 1 heterocycles. The SMILES string of the molecule is CN1N=C(c2ccc(Cl)cc2)C(C)(N(OC(=O)OC(C)(C)C)C(=O)OC(C)(C)C)C1=O. The first kappa shape index (κ1) is 24.5. The third-order valence-corrected chi connectivity index (χ3v) is 4.31. The van der Waals surface area contributed by atoms with E-state index in [0.717, 1.165) is 5.01 Å². The molecule has 1 unspecified atom stereocenters. The van der Waals surface area contributed by atoms with Crippen molar-refractivity contribution in [2.24, 2.45) is 5.10 Å². The molecule has 1 aliphatic heterocycles. The largest absolute Gasteiger partial charge is 0.534 e. The molecule has 170 valence electrons. The lowest BCUT2D eigenvalue weighted by Gasteiger charge is -2.36. The van der Waals surface area contributed by atoms with E-state index in [0.29, 0.717) is 15.6 Å². The van der Waals surface area contributed by atoms with Crippen molar-refractivity contribution in [3.05, 3.63) is 34.9 Å². The Balaban J connectivity index is 2.55. The highest BCUT2D eigenvalue weighted by Gasteiger charge is 2.57. The maximum absolute atomic E-state index is 13.2. The molecular weight excluding hydrogens is 426 g/mol. The molecule has 1 aliphatic rings. The van der Waals surface area contributed by atoms with Crippen LogP contribution in [-0.2, 0) is 19.1 Å². The predicted molar refractivity (Wildman–Crippen MR) is 115 cm³/mol. The molecule has 0 saturated carbocycles.